The fourth-order valence-corrected chi connectivity index (χ4v) is 3.99. The molecule has 0 aliphatic carbocycles. The van der Waals surface area contributed by atoms with Crippen LogP contribution in [0.15, 0.2) is 18.2 Å². The molecule has 2 aliphatic heterocycles. The van der Waals surface area contributed by atoms with Crippen LogP contribution in [0.2, 0.25) is 5.02 Å². The Balaban J connectivity index is 1.61. The van der Waals surface area contributed by atoms with Gasteiger partial charge in [-0.1, -0.05) is 31.5 Å². The smallest absolute Gasteiger partial charge is 0.324 e. The molecule has 7 nitrogen and oxygen atoms in total. The molecule has 0 radical (unpaired) electrons. The fourth-order valence-electron chi connectivity index (χ4n) is 3.81. The van der Waals surface area contributed by atoms with Crippen LogP contribution in [0.1, 0.15) is 32.3 Å². The van der Waals surface area contributed by atoms with E-state index in [0.717, 1.165) is 30.1 Å². The van der Waals surface area contributed by atoms with Crippen LogP contribution < -0.4 is 10.6 Å². The summed E-state index contributed by atoms with van der Waals surface area (Å²) in [5, 5.41) is 6.07. The quantitative estimate of drug-likeness (QED) is 0.736. The second-order valence-electron chi connectivity index (χ2n) is 8.11. The molecule has 1 aromatic rings. The Morgan fingerprint density at radius 2 is 1.96 bits per heavy atom. The molecule has 2 saturated heterocycles. The van der Waals surface area contributed by atoms with Crippen LogP contribution in [0.3, 0.4) is 0 Å². The molecule has 2 heterocycles. The van der Waals surface area contributed by atoms with Crippen molar-refractivity contribution in [2.75, 3.05) is 31.5 Å². The summed E-state index contributed by atoms with van der Waals surface area (Å²) in [6, 6.07) is 4.68. The topological polar surface area (TPSA) is 81.8 Å². The summed E-state index contributed by atoms with van der Waals surface area (Å²) in [4.78, 5) is 41.0. The van der Waals surface area contributed by atoms with Gasteiger partial charge in [0.15, 0.2) is 0 Å². The highest BCUT2D eigenvalue weighted by atomic mass is 35.5. The highest BCUT2D eigenvalue weighted by Crippen LogP contribution is 2.30. The lowest BCUT2D eigenvalue weighted by atomic mass is 9.87. The zero-order valence-electron chi connectivity index (χ0n) is 16.5. The van der Waals surface area contributed by atoms with Crippen molar-refractivity contribution in [1.29, 1.82) is 0 Å². The van der Waals surface area contributed by atoms with Crippen LogP contribution in [-0.4, -0.2) is 59.4 Å². The van der Waals surface area contributed by atoms with E-state index in [9.17, 15) is 14.4 Å². The zero-order valence-corrected chi connectivity index (χ0v) is 17.3. The second-order valence-corrected chi connectivity index (χ2v) is 8.52. The Morgan fingerprint density at radius 1 is 1.29 bits per heavy atom. The van der Waals surface area contributed by atoms with E-state index in [4.69, 9.17) is 11.6 Å². The lowest BCUT2D eigenvalue weighted by Crippen LogP contribution is -2.55. The number of aryl methyl sites for hydroxylation is 1. The number of urea groups is 1. The van der Waals surface area contributed by atoms with Crippen molar-refractivity contribution < 1.29 is 14.4 Å². The Hall–Kier alpha value is -2.12. The maximum Gasteiger partial charge on any atom is 0.325 e. The monoisotopic (exact) mass is 406 g/mol. The van der Waals surface area contributed by atoms with E-state index in [1.165, 1.54) is 0 Å². The first kappa shape index (κ1) is 20.6. The van der Waals surface area contributed by atoms with Crippen molar-refractivity contribution in [3.63, 3.8) is 0 Å². The van der Waals surface area contributed by atoms with Crippen molar-refractivity contribution in [3.8, 4) is 0 Å². The average Bonchev–Trinajstić information content (AvgIpc) is 2.84. The Bertz CT molecular complexity index is 788. The Morgan fingerprint density at radius 3 is 2.57 bits per heavy atom. The molecular formula is C20H27ClN4O3. The summed E-state index contributed by atoms with van der Waals surface area (Å²) >= 11 is 6.07. The Labute approximate surface area is 170 Å². The number of hydrogen-bond acceptors (Lipinski definition) is 4. The lowest BCUT2D eigenvalue weighted by Gasteiger charge is -2.37. The highest BCUT2D eigenvalue weighted by molar-refractivity contribution is 6.31. The first-order valence-electron chi connectivity index (χ1n) is 9.63. The van der Waals surface area contributed by atoms with Crippen LogP contribution in [0.25, 0.3) is 0 Å². The van der Waals surface area contributed by atoms with E-state index in [0.29, 0.717) is 29.5 Å². The van der Waals surface area contributed by atoms with E-state index in [1.807, 2.05) is 6.92 Å². The van der Waals surface area contributed by atoms with Crippen molar-refractivity contribution in [2.45, 2.75) is 39.2 Å². The summed E-state index contributed by atoms with van der Waals surface area (Å²) in [7, 11) is 0. The minimum Gasteiger partial charge on any atom is -0.324 e. The lowest BCUT2D eigenvalue weighted by molar-refractivity contribution is -0.135. The molecule has 0 bridgehead atoms. The van der Waals surface area contributed by atoms with E-state index < -0.39 is 17.5 Å². The number of benzene rings is 1. The van der Waals surface area contributed by atoms with E-state index >= 15 is 0 Å². The number of anilines is 1. The van der Waals surface area contributed by atoms with Gasteiger partial charge in [0.25, 0.3) is 5.91 Å². The number of nitrogens with one attached hydrogen (secondary N) is 2. The predicted molar refractivity (Wildman–Crippen MR) is 108 cm³/mol. The average molecular weight is 407 g/mol. The molecule has 28 heavy (non-hydrogen) atoms. The Kier molecular flexibility index (Phi) is 5.95. The van der Waals surface area contributed by atoms with E-state index in [2.05, 4.69) is 29.4 Å². The van der Waals surface area contributed by atoms with Gasteiger partial charge in [0.2, 0.25) is 5.91 Å². The summed E-state index contributed by atoms with van der Waals surface area (Å²) in [6.45, 7) is 8.37. The third kappa shape index (κ3) is 4.31. The number of amides is 4. The molecule has 1 spiro atoms. The number of nitrogens with zero attached hydrogens (tertiary/aromatic N) is 2. The van der Waals surface area contributed by atoms with Gasteiger partial charge in [-0.3, -0.25) is 14.5 Å². The molecule has 1 aromatic carbocycles. The number of likely N-dealkylation sites (tertiary alicyclic amines) is 1. The second kappa shape index (κ2) is 8.09. The van der Waals surface area contributed by atoms with Crippen molar-refractivity contribution in [1.82, 2.24) is 15.1 Å². The summed E-state index contributed by atoms with van der Waals surface area (Å²) in [5.41, 5.74) is 0.557. The van der Waals surface area contributed by atoms with Gasteiger partial charge >= 0.3 is 6.03 Å². The number of piperidine rings is 1. The minimum atomic E-state index is -0.877. The standard InChI is InChI=1S/C20H27ClN4O3/c1-13(2)11-24-8-6-20(7-9-24)18(27)25(19(28)23-20)12-17(26)22-15-5-4-14(3)16(21)10-15/h4-5,10,13H,6-9,11-12H2,1-3H3,(H,22,26)(H,23,28). The van der Waals surface area contributed by atoms with Crippen molar-refractivity contribution >= 4 is 35.1 Å². The zero-order chi connectivity index (χ0) is 20.5. The van der Waals surface area contributed by atoms with E-state index in [-0.39, 0.29) is 12.5 Å². The van der Waals surface area contributed by atoms with Crippen LogP contribution in [-0.2, 0) is 9.59 Å². The molecule has 3 rings (SSSR count). The summed E-state index contributed by atoms with van der Waals surface area (Å²) in [6.07, 6.45) is 1.13. The van der Waals surface area contributed by atoms with Gasteiger partial charge in [0.1, 0.15) is 12.1 Å². The van der Waals surface area contributed by atoms with Crippen molar-refractivity contribution in [2.24, 2.45) is 5.92 Å². The largest absolute Gasteiger partial charge is 0.325 e. The summed E-state index contributed by atoms with van der Waals surface area (Å²) in [5.74, 6) is -0.185. The number of carbonyl (C=O) groups is 3. The fraction of sp³-hybridized carbons (Fsp3) is 0.550. The van der Waals surface area contributed by atoms with Gasteiger partial charge in [-0.2, -0.15) is 0 Å². The summed E-state index contributed by atoms with van der Waals surface area (Å²) < 4.78 is 0. The SMILES string of the molecule is Cc1ccc(NC(=O)CN2C(=O)NC3(CCN(CC(C)C)CC3)C2=O)cc1Cl. The number of carbonyl (C=O) groups excluding carboxylic acids is 3. The molecular weight excluding hydrogens is 380 g/mol. The third-order valence-electron chi connectivity index (χ3n) is 5.34. The molecule has 152 valence electrons. The third-order valence-corrected chi connectivity index (χ3v) is 5.74. The molecule has 4 amide bonds. The van der Waals surface area contributed by atoms with Crippen LogP contribution in [0, 0.1) is 12.8 Å². The molecule has 2 N–H and O–H groups in total. The van der Waals surface area contributed by atoms with Gasteiger partial charge < -0.3 is 15.5 Å². The van der Waals surface area contributed by atoms with E-state index in [1.54, 1.807) is 18.2 Å². The highest BCUT2D eigenvalue weighted by Gasteiger charge is 2.52. The molecule has 0 unspecified atom stereocenters. The number of imide groups is 1. The molecule has 2 aliphatic rings. The molecule has 0 atom stereocenters. The first-order valence-corrected chi connectivity index (χ1v) is 10.0. The minimum absolute atomic E-state index is 0.307. The normalized spacial score (nSPS) is 19.4. The van der Waals surface area contributed by atoms with Crippen LogP contribution in [0.4, 0.5) is 10.5 Å². The van der Waals surface area contributed by atoms with Crippen LogP contribution >= 0.6 is 11.6 Å². The maximum atomic E-state index is 12.9. The van der Waals surface area contributed by atoms with Gasteiger partial charge in [-0.15, -0.1) is 0 Å². The van der Waals surface area contributed by atoms with Crippen molar-refractivity contribution in [3.05, 3.63) is 28.8 Å². The first-order chi connectivity index (χ1) is 13.2. The maximum absolute atomic E-state index is 12.9. The molecule has 0 saturated carbocycles. The van der Waals surface area contributed by atoms with Gasteiger partial charge in [0, 0.05) is 30.3 Å². The van der Waals surface area contributed by atoms with Gasteiger partial charge in [-0.05, 0) is 43.4 Å². The van der Waals surface area contributed by atoms with Gasteiger partial charge in [-0.25, -0.2) is 4.79 Å². The number of hydrogen-bond donors (Lipinski definition) is 2. The number of halogens is 1. The molecule has 0 aromatic heterocycles. The predicted octanol–water partition coefficient (Wildman–Crippen LogP) is 2.63. The molecule has 8 heteroatoms. The van der Waals surface area contributed by atoms with Gasteiger partial charge in [0.05, 0.1) is 0 Å². The molecule has 2 fully saturated rings. The van der Waals surface area contributed by atoms with Crippen LogP contribution in [0.5, 0.6) is 0 Å². The number of rotatable bonds is 5.